The summed E-state index contributed by atoms with van der Waals surface area (Å²) in [5.41, 5.74) is 4.03. The molecular formula is C27H36O3Se. The fourth-order valence-corrected chi connectivity index (χ4v) is 6.84. The Morgan fingerprint density at radius 1 is 1.13 bits per heavy atom. The van der Waals surface area contributed by atoms with Gasteiger partial charge >= 0.3 is 192 Å². The number of hydrogen-bond donors (Lipinski definition) is 0. The molecule has 1 unspecified atom stereocenters. The molecule has 3 atom stereocenters. The van der Waals surface area contributed by atoms with Gasteiger partial charge in [-0.15, -0.1) is 0 Å². The summed E-state index contributed by atoms with van der Waals surface area (Å²) in [6, 6.07) is 16.5. The number of benzene rings is 2. The monoisotopic (exact) mass is 488 g/mol. The number of methoxy groups -OCH3 is 1. The van der Waals surface area contributed by atoms with Crippen LogP contribution in [0.5, 0.6) is 5.75 Å². The molecule has 0 bridgehead atoms. The van der Waals surface area contributed by atoms with Crippen LogP contribution >= 0.6 is 0 Å². The standard InChI is InChI=1S/C27H36O3Se/c1-20(2)24-14-12-21(3)17-25(24)26-18-22(13-15-27(26)30-19-29-4)9-8-16-31(28)23-10-6-5-7-11-23/h5-7,10-11,13,15,17-18,20,24-25H,8-9,12,14,16,19H2,1-4H3/t24-,25+,31?/m0/s1. The van der Waals surface area contributed by atoms with E-state index in [-0.39, 0.29) is 6.79 Å². The van der Waals surface area contributed by atoms with Gasteiger partial charge in [-0.3, -0.25) is 0 Å². The first-order chi connectivity index (χ1) is 15.0. The molecule has 1 aliphatic rings. The van der Waals surface area contributed by atoms with Crippen molar-refractivity contribution >= 4 is 18.3 Å². The van der Waals surface area contributed by atoms with Crippen LogP contribution in [0.4, 0.5) is 0 Å². The average Bonchev–Trinajstić information content (AvgIpc) is 2.78. The topological polar surface area (TPSA) is 35.5 Å². The van der Waals surface area contributed by atoms with Crippen molar-refractivity contribution in [1.29, 1.82) is 0 Å². The molecule has 2 aromatic rings. The SMILES string of the molecule is COCOc1ccc(CCC[Se](=O)c2ccccc2)cc1[C@@H]1C=C(C)CC[C@H]1C(C)C. The summed E-state index contributed by atoms with van der Waals surface area (Å²) in [5.74, 6) is 2.52. The molecule has 0 spiro atoms. The molecule has 0 N–H and O–H groups in total. The van der Waals surface area contributed by atoms with Gasteiger partial charge in [-0.2, -0.15) is 0 Å². The van der Waals surface area contributed by atoms with Crippen LogP contribution in [0.1, 0.15) is 57.1 Å². The normalized spacial score (nSPS) is 19.8. The van der Waals surface area contributed by atoms with Crippen LogP contribution in [0.25, 0.3) is 0 Å². The van der Waals surface area contributed by atoms with E-state index in [1.54, 1.807) is 7.11 Å². The molecular weight excluding hydrogens is 451 g/mol. The first-order valence-corrected chi connectivity index (χ1v) is 14.1. The van der Waals surface area contributed by atoms with E-state index in [9.17, 15) is 3.83 Å². The van der Waals surface area contributed by atoms with Crippen molar-refractivity contribution in [2.45, 2.75) is 57.7 Å². The Hall–Kier alpha value is -1.74. The molecule has 0 saturated heterocycles. The van der Waals surface area contributed by atoms with Gasteiger partial charge in [0.05, 0.1) is 0 Å². The van der Waals surface area contributed by atoms with Gasteiger partial charge in [0, 0.05) is 0 Å². The number of ether oxygens (including phenoxy) is 2. The molecule has 0 amide bonds. The molecule has 0 fully saturated rings. The molecule has 0 aliphatic heterocycles. The Labute approximate surface area is 191 Å². The fraction of sp³-hybridized carbons (Fsp3) is 0.481. The maximum absolute atomic E-state index is 12.6. The second-order valence-electron chi connectivity index (χ2n) is 8.87. The second-order valence-corrected chi connectivity index (χ2v) is 12.2. The first kappa shape index (κ1) is 23.9. The third kappa shape index (κ3) is 6.62. The quantitative estimate of drug-likeness (QED) is 0.233. The minimum absolute atomic E-state index is 0.258. The van der Waals surface area contributed by atoms with Gasteiger partial charge in [-0.1, -0.05) is 0 Å². The minimum atomic E-state index is -1.96. The van der Waals surface area contributed by atoms with Crippen molar-refractivity contribution in [3.63, 3.8) is 0 Å². The third-order valence-electron chi connectivity index (χ3n) is 6.22. The van der Waals surface area contributed by atoms with Crippen LogP contribution in [0.15, 0.2) is 60.2 Å². The van der Waals surface area contributed by atoms with Gasteiger partial charge < -0.3 is 0 Å². The summed E-state index contributed by atoms with van der Waals surface area (Å²) < 4.78 is 24.8. The van der Waals surface area contributed by atoms with Crippen LogP contribution in [-0.2, 0) is 15.0 Å². The Morgan fingerprint density at radius 3 is 2.61 bits per heavy atom. The summed E-state index contributed by atoms with van der Waals surface area (Å²) in [7, 11) is 1.66. The number of aryl methyl sites for hydroxylation is 1. The van der Waals surface area contributed by atoms with Crippen molar-refractivity contribution < 1.29 is 13.3 Å². The summed E-state index contributed by atoms with van der Waals surface area (Å²) in [6.07, 6.45) is 6.73. The molecule has 168 valence electrons. The van der Waals surface area contributed by atoms with E-state index in [1.165, 1.54) is 29.5 Å². The van der Waals surface area contributed by atoms with Gasteiger partial charge in [0.25, 0.3) is 0 Å². The van der Waals surface area contributed by atoms with Crippen molar-refractivity contribution in [3.05, 3.63) is 71.3 Å². The predicted octanol–water partition coefficient (Wildman–Crippen LogP) is 6.03. The van der Waals surface area contributed by atoms with Gasteiger partial charge in [-0.25, -0.2) is 0 Å². The Morgan fingerprint density at radius 2 is 1.90 bits per heavy atom. The number of hydrogen-bond acceptors (Lipinski definition) is 3. The molecule has 3 nitrogen and oxygen atoms in total. The molecule has 4 heteroatoms. The molecule has 3 rings (SSSR count). The first-order valence-electron chi connectivity index (χ1n) is 11.3. The van der Waals surface area contributed by atoms with E-state index in [2.05, 4.69) is 45.0 Å². The molecule has 0 aromatic heterocycles. The Bertz CT molecular complexity index is 889. The van der Waals surface area contributed by atoms with E-state index in [1.807, 2.05) is 30.3 Å². The van der Waals surface area contributed by atoms with Crippen molar-refractivity contribution in [2.24, 2.45) is 11.8 Å². The second kappa shape index (κ2) is 11.8. The van der Waals surface area contributed by atoms with Crippen LogP contribution in [0.2, 0.25) is 5.32 Å². The molecule has 0 radical (unpaired) electrons. The Kier molecular flexibility index (Phi) is 9.07. The van der Waals surface area contributed by atoms with Crippen LogP contribution in [-0.4, -0.2) is 27.7 Å². The van der Waals surface area contributed by atoms with E-state index in [0.29, 0.717) is 17.8 Å². The van der Waals surface area contributed by atoms with Crippen LogP contribution < -0.4 is 9.20 Å². The predicted molar refractivity (Wildman–Crippen MR) is 129 cm³/mol. The average molecular weight is 488 g/mol. The summed E-state index contributed by atoms with van der Waals surface area (Å²) in [4.78, 5) is 0. The molecule has 0 saturated carbocycles. The van der Waals surface area contributed by atoms with Gasteiger partial charge in [0.1, 0.15) is 0 Å². The van der Waals surface area contributed by atoms with Crippen molar-refractivity contribution in [2.75, 3.05) is 13.9 Å². The van der Waals surface area contributed by atoms with Crippen molar-refractivity contribution in [3.8, 4) is 5.75 Å². The van der Waals surface area contributed by atoms with Crippen molar-refractivity contribution in [1.82, 2.24) is 0 Å². The maximum atomic E-state index is 12.6. The number of rotatable bonds is 10. The van der Waals surface area contributed by atoms with E-state index in [0.717, 1.165) is 28.4 Å². The zero-order chi connectivity index (χ0) is 22.2. The van der Waals surface area contributed by atoms with Crippen LogP contribution in [0, 0.1) is 11.8 Å². The molecule has 1 aliphatic carbocycles. The van der Waals surface area contributed by atoms with Gasteiger partial charge in [0.15, 0.2) is 0 Å². The summed E-state index contributed by atoms with van der Waals surface area (Å²) in [6.45, 7) is 7.15. The molecule has 0 heterocycles. The van der Waals surface area contributed by atoms with Crippen LogP contribution in [0.3, 0.4) is 0 Å². The van der Waals surface area contributed by atoms with Gasteiger partial charge in [0.2, 0.25) is 0 Å². The fourth-order valence-electron chi connectivity index (χ4n) is 4.52. The van der Waals surface area contributed by atoms with Gasteiger partial charge in [-0.05, 0) is 0 Å². The molecule has 2 aromatic carbocycles. The number of allylic oxidation sites excluding steroid dienone is 2. The molecule has 31 heavy (non-hydrogen) atoms. The summed E-state index contributed by atoms with van der Waals surface area (Å²) in [5, 5.41) is 0.776. The van der Waals surface area contributed by atoms with E-state index < -0.39 is 13.8 Å². The summed E-state index contributed by atoms with van der Waals surface area (Å²) >= 11 is -1.96. The Balaban J connectivity index is 1.78. The van der Waals surface area contributed by atoms with E-state index >= 15 is 0 Å². The third-order valence-corrected chi connectivity index (χ3v) is 9.28. The zero-order valence-electron chi connectivity index (χ0n) is 19.3. The zero-order valence-corrected chi connectivity index (χ0v) is 21.0. The van der Waals surface area contributed by atoms with E-state index in [4.69, 9.17) is 9.47 Å².